The molecule has 0 saturated carbocycles. The summed E-state index contributed by atoms with van der Waals surface area (Å²) in [5.41, 5.74) is -1.10. The number of nitro groups is 1. The lowest BCUT2D eigenvalue weighted by Gasteiger charge is -2.09. The van der Waals surface area contributed by atoms with Gasteiger partial charge in [0.1, 0.15) is 5.75 Å². The van der Waals surface area contributed by atoms with Crippen molar-refractivity contribution in [2.45, 2.75) is 13.3 Å². The molecule has 1 aromatic heterocycles. The number of ketones is 1. The van der Waals surface area contributed by atoms with Gasteiger partial charge >= 0.3 is 6.36 Å². The standard InChI is InChI=1S/C18H11F3N2O6/c1-9(24)22-14-6-5-12(29-18(19,20)21)8-13(14)15(17(22)26)16(25)10-3-2-4-11(7-10)23(27)28/h2-8,26H,1H3. The number of nitro benzene ring substituents is 1. The molecule has 3 rings (SSSR count). The van der Waals surface area contributed by atoms with Gasteiger partial charge in [-0.1, -0.05) is 12.1 Å². The second kappa shape index (κ2) is 6.93. The molecule has 29 heavy (non-hydrogen) atoms. The Labute approximate surface area is 159 Å². The average molecular weight is 408 g/mol. The molecule has 0 amide bonds. The summed E-state index contributed by atoms with van der Waals surface area (Å²) in [4.78, 5) is 35.0. The summed E-state index contributed by atoms with van der Waals surface area (Å²) >= 11 is 0. The van der Waals surface area contributed by atoms with Crippen molar-refractivity contribution in [3.05, 3.63) is 63.7 Å². The van der Waals surface area contributed by atoms with Gasteiger partial charge in [-0.15, -0.1) is 13.2 Å². The Kier molecular flexibility index (Phi) is 4.74. The van der Waals surface area contributed by atoms with Crippen LogP contribution >= 0.6 is 0 Å². The first-order chi connectivity index (χ1) is 13.5. The minimum Gasteiger partial charge on any atom is -0.494 e. The number of ether oxygens (including phenoxy) is 1. The molecule has 0 aliphatic heterocycles. The first-order valence-corrected chi connectivity index (χ1v) is 7.93. The average Bonchev–Trinajstić information content (AvgIpc) is 2.91. The van der Waals surface area contributed by atoms with E-state index in [9.17, 15) is 38.0 Å². The zero-order valence-electron chi connectivity index (χ0n) is 14.6. The first-order valence-electron chi connectivity index (χ1n) is 7.93. The highest BCUT2D eigenvalue weighted by molar-refractivity contribution is 6.20. The van der Waals surface area contributed by atoms with Gasteiger partial charge in [0.15, 0.2) is 5.78 Å². The summed E-state index contributed by atoms with van der Waals surface area (Å²) < 4.78 is 42.2. The van der Waals surface area contributed by atoms with Crippen LogP contribution in [0.25, 0.3) is 10.9 Å². The lowest BCUT2D eigenvalue weighted by atomic mass is 10.0. The van der Waals surface area contributed by atoms with Gasteiger partial charge in [-0.3, -0.25) is 24.3 Å². The topological polar surface area (TPSA) is 112 Å². The number of nitrogens with zero attached hydrogens (tertiary/aromatic N) is 2. The second-order valence-corrected chi connectivity index (χ2v) is 5.92. The van der Waals surface area contributed by atoms with E-state index < -0.39 is 45.9 Å². The zero-order valence-corrected chi connectivity index (χ0v) is 14.6. The van der Waals surface area contributed by atoms with E-state index in [-0.39, 0.29) is 16.5 Å². The fourth-order valence-corrected chi connectivity index (χ4v) is 2.90. The molecule has 1 heterocycles. The highest BCUT2D eigenvalue weighted by Gasteiger charge is 2.32. The molecule has 0 fully saturated rings. The molecule has 0 spiro atoms. The van der Waals surface area contributed by atoms with Crippen LogP contribution in [0.4, 0.5) is 18.9 Å². The Morgan fingerprint density at radius 3 is 2.45 bits per heavy atom. The van der Waals surface area contributed by atoms with Crippen LogP contribution in [0.1, 0.15) is 27.6 Å². The third-order valence-corrected chi connectivity index (χ3v) is 4.01. The molecule has 1 N–H and O–H groups in total. The normalized spacial score (nSPS) is 11.4. The third kappa shape index (κ3) is 3.74. The number of aromatic hydroxyl groups is 1. The molecular formula is C18H11F3N2O6. The largest absolute Gasteiger partial charge is 0.573 e. The van der Waals surface area contributed by atoms with Crippen LogP contribution in [0.5, 0.6) is 11.6 Å². The summed E-state index contributed by atoms with van der Waals surface area (Å²) in [5.74, 6) is -3.08. The number of carbonyl (C=O) groups is 2. The van der Waals surface area contributed by atoms with E-state index in [1.807, 2.05) is 0 Å². The van der Waals surface area contributed by atoms with Crippen molar-refractivity contribution in [2.24, 2.45) is 0 Å². The summed E-state index contributed by atoms with van der Waals surface area (Å²) in [6, 6.07) is 7.44. The molecule has 150 valence electrons. The molecule has 3 aromatic rings. The number of carbonyl (C=O) groups excluding carboxylic acids is 2. The van der Waals surface area contributed by atoms with Crippen molar-refractivity contribution >= 4 is 28.3 Å². The van der Waals surface area contributed by atoms with Gasteiger partial charge in [-0.05, 0) is 18.2 Å². The maximum absolute atomic E-state index is 12.9. The van der Waals surface area contributed by atoms with Gasteiger partial charge in [0.25, 0.3) is 5.69 Å². The summed E-state index contributed by atoms with van der Waals surface area (Å²) in [6.45, 7) is 1.08. The molecule has 0 aliphatic carbocycles. The molecule has 2 aromatic carbocycles. The van der Waals surface area contributed by atoms with Crippen LogP contribution in [0.2, 0.25) is 0 Å². The van der Waals surface area contributed by atoms with E-state index in [2.05, 4.69) is 4.74 Å². The molecule has 0 aliphatic rings. The van der Waals surface area contributed by atoms with E-state index in [4.69, 9.17) is 0 Å². The number of aromatic nitrogens is 1. The van der Waals surface area contributed by atoms with E-state index in [1.54, 1.807) is 0 Å². The molecule has 0 radical (unpaired) electrons. The van der Waals surface area contributed by atoms with Crippen molar-refractivity contribution in [1.29, 1.82) is 0 Å². The van der Waals surface area contributed by atoms with Crippen LogP contribution in [0.3, 0.4) is 0 Å². The van der Waals surface area contributed by atoms with Crippen LogP contribution in [-0.4, -0.2) is 32.6 Å². The van der Waals surface area contributed by atoms with Gasteiger partial charge in [0.2, 0.25) is 11.8 Å². The second-order valence-electron chi connectivity index (χ2n) is 5.92. The van der Waals surface area contributed by atoms with Gasteiger partial charge in [0, 0.05) is 30.0 Å². The molecular weight excluding hydrogens is 397 g/mol. The third-order valence-electron chi connectivity index (χ3n) is 4.01. The SMILES string of the molecule is CC(=O)n1c(O)c(C(=O)c2cccc([N+](=O)[O-])c2)c2cc(OC(F)(F)F)ccc21. The molecule has 0 unspecified atom stereocenters. The van der Waals surface area contributed by atoms with Crippen molar-refractivity contribution in [1.82, 2.24) is 4.57 Å². The Hall–Kier alpha value is -3.89. The number of rotatable bonds is 4. The van der Waals surface area contributed by atoms with E-state index >= 15 is 0 Å². The fourth-order valence-electron chi connectivity index (χ4n) is 2.90. The molecule has 0 saturated heterocycles. The Morgan fingerprint density at radius 1 is 1.17 bits per heavy atom. The number of non-ortho nitro benzene ring substituents is 1. The number of hydrogen-bond acceptors (Lipinski definition) is 6. The number of hydrogen-bond donors (Lipinski definition) is 1. The molecule has 11 heteroatoms. The quantitative estimate of drug-likeness (QED) is 0.396. The lowest BCUT2D eigenvalue weighted by molar-refractivity contribution is -0.384. The van der Waals surface area contributed by atoms with Crippen molar-refractivity contribution in [2.75, 3.05) is 0 Å². The maximum atomic E-state index is 12.9. The van der Waals surface area contributed by atoms with E-state index in [0.717, 1.165) is 41.8 Å². The summed E-state index contributed by atoms with van der Waals surface area (Å²) in [6.07, 6.45) is -5.00. The molecule has 8 nitrogen and oxygen atoms in total. The van der Waals surface area contributed by atoms with E-state index in [0.29, 0.717) is 0 Å². The summed E-state index contributed by atoms with van der Waals surface area (Å²) in [5, 5.41) is 21.2. The van der Waals surface area contributed by atoms with Crippen LogP contribution in [0, 0.1) is 10.1 Å². The van der Waals surface area contributed by atoms with Crippen LogP contribution in [-0.2, 0) is 0 Å². The Bertz CT molecular complexity index is 1170. The highest BCUT2D eigenvalue weighted by atomic mass is 19.4. The van der Waals surface area contributed by atoms with Crippen molar-refractivity contribution < 1.29 is 37.5 Å². The van der Waals surface area contributed by atoms with Gasteiger partial charge in [-0.2, -0.15) is 0 Å². The van der Waals surface area contributed by atoms with Gasteiger partial charge in [0.05, 0.1) is 16.0 Å². The van der Waals surface area contributed by atoms with Crippen LogP contribution < -0.4 is 4.74 Å². The van der Waals surface area contributed by atoms with E-state index in [1.165, 1.54) is 12.1 Å². The maximum Gasteiger partial charge on any atom is 0.573 e. The predicted molar refractivity (Wildman–Crippen MR) is 93.1 cm³/mol. The first kappa shape index (κ1) is 19.9. The number of alkyl halides is 3. The summed E-state index contributed by atoms with van der Waals surface area (Å²) in [7, 11) is 0. The fraction of sp³-hybridized carbons (Fsp3) is 0.111. The Morgan fingerprint density at radius 2 is 1.86 bits per heavy atom. The zero-order chi connectivity index (χ0) is 21.5. The highest BCUT2D eigenvalue weighted by Crippen LogP contribution is 2.36. The lowest BCUT2D eigenvalue weighted by Crippen LogP contribution is -2.17. The monoisotopic (exact) mass is 408 g/mol. The van der Waals surface area contributed by atoms with Gasteiger partial charge < -0.3 is 9.84 Å². The molecule has 0 bridgehead atoms. The minimum absolute atomic E-state index is 0.0293. The number of benzene rings is 2. The van der Waals surface area contributed by atoms with Gasteiger partial charge in [-0.25, -0.2) is 0 Å². The van der Waals surface area contributed by atoms with Crippen LogP contribution in [0.15, 0.2) is 42.5 Å². The van der Waals surface area contributed by atoms with Crippen molar-refractivity contribution in [3.8, 4) is 11.6 Å². The number of halogens is 3. The van der Waals surface area contributed by atoms with Crippen molar-refractivity contribution in [3.63, 3.8) is 0 Å². The Balaban J connectivity index is 2.24. The number of fused-ring (bicyclic) bond motifs is 1. The predicted octanol–water partition coefficient (Wildman–Crippen LogP) is 4.04. The molecule has 0 atom stereocenters. The smallest absolute Gasteiger partial charge is 0.494 e. The minimum atomic E-state index is -5.00.